The summed E-state index contributed by atoms with van der Waals surface area (Å²) in [6.45, 7) is 5.94. The Kier molecular flexibility index (Phi) is 26.0. The number of fused-ring (bicyclic) bond motifs is 1. The van der Waals surface area contributed by atoms with Gasteiger partial charge in [0, 0.05) is 23.1 Å². The van der Waals surface area contributed by atoms with E-state index in [-0.39, 0.29) is 49.6 Å². The van der Waals surface area contributed by atoms with Crippen LogP contribution in [0.3, 0.4) is 0 Å². The lowest BCUT2D eigenvalue weighted by molar-refractivity contribution is 0.570. The topological polar surface area (TPSA) is 74.5 Å². The molecule has 1 aromatic rings. The standard InChI is InChI=1S/C20H34BrN5.4ClH/c21-18-8-9-19-17(16-18)6-3-7-20(26-19)25-15-5-14-24-12-2-1-11-23-13-4-10-22;;;;/h8-9,16,23-24H,1-7,10-15,22H2,(H,25,26);4*1H. The first-order valence-electron chi connectivity index (χ1n) is 10.00. The van der Waals surface area contributed by atoms with Gasteiger partial charge in [0.15, 0.2) is 0 Å². The van der Waals surface area contributed by atoms with Gasteiger partial charge in [-0.3, -0.25) is 4.99 Å². The van der Waals surface area contributed by atoms with Gasteiger partial charge in [0.25, 0.3) is 0 Å². The minimum atomic E-state index is 0. The quantitative estimate of drug-likeness (QED) is 0.268. The number of amidine groups is 1. The Morgan fingerprint density at radius 1 is 0.900 bits per heavy atom. The molecule has 0 unspecified atom stereocenters. The number of benzene rings is 1. The molecule has 30 heavy (non-hydrogen) atoms. The second-order valence-electron chi connectivity index (χ2n) is 6.81. The van der Waals surface area contributed by atoms with Crippen LogP contribution in [0.5, 0.6) is 0 Å². The molecule has 0 aromatic heterocycles. The minimum Gasteiger partial charge on any atom is -0.344 e. The van der Waals surface area contributed by atoms with Crippen LogP contribution in [0.2, 0.25) is 0 Å². The van der Waals surface area contributed by atoms with E-state index in [4.69, 9.17) is 10.7 Å². The monoisotopic (exact) mass is 567 g/mol. The SMILES string of the molecule is Cl.Cl.Cl.Cl.NCCCNCCCCNCCCN=C1CCCc2cc(Br)ccc2N1. The summed E-state index contributed by atoms with van der Waals surface area (Å²) in [6.07, 6.45) is 7.91. The molecule has 1 aromatic carbocycles. The summed E-state index contributed by atoms with van der Waals surface area (Å²) in [6, 6.07) is 6.45. The van der Waals surface area contributed by atoms with Crippen LogP contribution in [0, 0.1) is 0 Å². The van der Waals surface area contributed by atoms with Crippen molar-refractivity contribution in [3.8, 4) is 0 Å². The molecule has 1 aliphatic heterocycles. The van der Waals surface area contributed by atoms with Gasteiger partial charge in [-0.25, -0.2) is 0 Å². The van der Waals surface area contributed by atoms with Gasteiger partial charge in [-0.05, 0) is 95.0 Å². The van der Waals surface area contributed by atoms with E-state index in [1.807, 2.05) is 0 Å². The Balaban J connectivity index is -0.00000182. The van der Waals surface area contributed by atoms with Crippen molar-refractivity contribution in [1.29, 1.82) is 0 Å². The number of halogens is 5. The number of aliphatic imine (C=N–C) groups is 1. The average Bonchev–Trinajstić information content (AvgIpc) is 2.84. The maximum absolute atomic E-state index is 5.47. The maximum atomic E-state index is 5.47. The second-order valence-corrected chi connectivity index (χ2v) is 7.73. The lowest BCUT2D eigenvalue weighted by Gasteiger charge is -2.09. The first-order chi connectivity index (χ1) is 12.8. The number of unbranched alkanes of at least 4 members (excludes halogenated alkanes) is 1. The molecule has 178 valence electrons. The molecule has 1 aliphatic rings. The summed E-state index contributed by atoms with van der Waals surface area (Å²) < 4.78 is 1.15. The zero-order valence-corrected chi connectivity index (χ0v) is 22.3. The number of nitrogens with one attached hydrogen (secondary N) is 3. The predicted molar refractivity (Wildman–Crippen MR) is 145 cm³/mol. The molecule has 0 aliphatic carbocycles. The van der Waals surface area contributed by atoms with E-state index in [1.54, 1.807) is 0 Å². The fourth-order valence-corrected chi connectivity index (χ4v) is 3.48. The van der Waals surface area contributed by atoms with Gasteiger partial charge < -0.3 is 21.7 Å². The number of anilines is 1. The van der Waals surface area contributed by atoms with Crippen molar-refractivity contribution in [3.63, 3.8) is 0 Å². The lowest BCUT2D eigenvalue weighted by Crippen LogP contribution is -2.22. The first kappa shape index (κ1) is 34.8. The molecular formula is C20H38BrCl4N5. The van der Waals surface area contributed by atoms with E-state index < -0.39 is 0 Å². The number of hydrogen-bond donors (Lipinski definition) is 4. The van der Waals surface area contributed by atoms with Crippen molar-refractivity contribution in [2.45, 2.75) is 44.9 Å². The molecule has 5 nitrogen and oxygen atoms in total. The molecule has 0 spiro atoms. The third kappa shape index (κ3) is 15.1. The molecule has 1 heterocycles. The van der Waals surface area contributed by atoms with E-state index in [0.717, 1.165) is 81.7 Å². The van der Waals surface area contributed by atoms with Gasteiger partial charge >= 0.3 is 0 Å². The van der Waals surface area contributed by atoms with Gasteiger partial charge in [0.05, 0.1) is 0 Å². The van der Waals surface area contributed by atoms with Crippen LogP contribution in [-0.2, 0) is 6.42 Å². The maximum Gasteiger partial charge on any atom is 0.101 e. The summed E-state index contributed by atoms with van der Waals surface area (Å²) in [5.74, 6) is 1.13. The number of nitrogens with zero attached hydrogens (tertiary/aromatic N) is 1. The highest BCUT2D eigenvalue weighted by molar-refractivity contribution is 9.10. The Hall–Kier alpha value is 0.210. The Bertz CT molecular complexity index is 564. The highest BCUT2D eigenvalue weighted by atomic mass is 79.9. The number of nitrogens with two attached hydrogens (primary N) is 1. The summed E-state index contributed by atoms with van der Waals surface area (Å²) >= 11 is 3.55. The zero-order chi connectivity index (χ0) is 18.5. The number of aryl methyl sites for hydroxylation is 1. The van der Waals surface area contributed by atoms with Crippen molar-refractivity contribution in [1.82, 2.24) is 10.6 Å². The van der Waals surface area contributed by atoms with Crippen LogP contribution >= 0.6 is 65.6 Å². The molecule has 0 atom stereocenters. The van der Waals surface area contributed by atoms with Gasteiger partial charge in [-0.2, -0.15) is 0 Å². The second kappa shape index (κ2) is 22.4. The molecule has 0 bridgehead atoms. The Morgan fingerprint density at radius 3 is 2.20 bits per heavy atom. The molecule has 0 radical (unpaired) electrons. The van der Waals surface area contributed by atoms with Crippen LogP contribution in [0.15, 0.2) is 27.7 Å². The van der Waals surface area contributed by atoms with Crippen LogP contribution in [0.25, 0.3) is 0 Å². The summed E-state index contributed by atoms with van der Waals surface area (Å²) in [4.78, 5) is 4.77. The highest BCUT2D eigenvalue weighted by Gasteiger charge is 2.11. The highest BCUT2D eigenvalue weighted by Crippen LogP contribution is 2.25. The van der Waals surface area contributed by atoms with E-state index in [9.17, 15) is 0 Å². The normalized spacial score (nSPS) is 13.5. The Morgan fingerprint density at radius 2 is 1.53 bits per heavy atom. The van der Waals surface area contributed by atoms with Gasteiger partial charge in [-0.15, -0.1) is 49.6 Å². The van der Waals surface area contributed by atoms with Gasteiger partial charge in [0.1, 0.15) is 5.84 Å². The van der Waals surface area contributed by atoms with E-state index >= 15 is 0 Å². The fraction of sp³-hybridized carbons (Fsp3) is 0.650. The van der Waals surface area contributed by atoms with Gasteiger partial charge in [0.2, 0.25) is 0 Å². The summed E-state index contributed by atoms with van der Waals surface area (Å²) in [7, 11) is 0. The minimum absolute atomic E-state index is 0. The van der Waals surface area contributed by atoms with Crippen molar-refractivity contribution < 1.29 is 0 Å². The first-order valence-corrected chi connectivity index (χ1v) is 10.8. The molecule has 10 heteroatoms. The van der Waals surface area contributed by atoms with Crippen LogP contribution < -0.4 is 21.7 Å². The van der Waals surface area contributed by atoms with Crippen molar-refractivity contribution in [2.75, 3.05) is 44.6 Å². The molecule has 0 saturated heterocycles. The third-order valence-corrected chi connectivity index (χ3v) is 5.03. The summed E-state index contributed by atoms with van der Waals surface area (Å²) in [5.41, 5.74) is 8.06. The molecule has 0 amide bonds. The molecule has 0 fully saturated rings. The van der Waals surface area contributed by atoms with Crippen molar-refractivity contribution in [3.05, 3.63) is 28.2 Å². The lowest BCUT2D eigenvalue weighted by atomic mass is 10.1. The van der Waals surface area contributed by atoms with Crippen LogP contribution in [0.1, 0.15) is 44.1 Å². The van der Waals surface area contributed by atoms with E-state index in [2.05, 4.69) is 50.1 Å². The third-order valence-electron chi connectivity index (χ3n) is 4.54. The van der Waals surface area contributed by atoms with Crippen molar-refractivity contribution in [2.24, 2.45) is 10.7 Å². The molecule has 5 N–H and O–H groups in total. The zero-order valence-electron chi connectivity index (χ0n) is 17.5. The van der Waals surface area contributed by atoms with Crippen LogP contribution in [-0.4, -0.2) is 45.1 Å². The fourth-order valence-electron chi connectivity index (χ4n) is 3.07. The predicted octanol–water partition coefficient (Wildman–Crippen LogP) is 4.98. The van der Waals surface area contributed by atoms with E-state index in [1.165, 1.54) is 24.1 Å². The van der Waals surface area contributed by atoms with Gasteiger partial charge in [-0.1, -0.05) is 15.9 Å². The molecule has 2 rings (SSSR count). The molecular weight excluding hydrogens is 532 g/mol. The smallest absolute Gasteiger partial charge is 0.101 e. The van der Waals surface area contributed by atoms with Crippen molar-refractivity contribution >= 4 is 77.1 Å². The number of hydrogen-bond acceptors (Lipinski definition) is 4. The Labute approximate surface area is 215 Å². The largest absolute Gasteiger partial charge is 0.344 e. The molecule has 0 saturated carbocycles. The van der Waals surface area contributed by atoms with Crippen LogP contribution in [0.4, 0.5) is 5.69 Å². The summed E-state index contributed by atoms with van der Waals surface area (Å²) in [5, 5.41) is 10.5. The number of rotatable bonds is 12. The van der Waals surface area contributed by atoms with E-state index in [0.29, 0.717) is 0 Å². The average molecular weight is 570 g/mol.